The van der Waals surface area contributed by atoms with Gasteiger partial charge in [-0.15, -0.1) is 0 Å². The lowest BCUT2D eigenvalue weighted by atomic mass is 9.89. The highest BCUT2D eigenvalue weighted by Crippen LogP contribution is 2.43. The summed E-state index contributed by atoms with van der Waals surface area (Å²) < 4.78 is 22.7. The summed E-state index contributed by atoms with van der Waals surface area (Å²) in [7, 11) is 6.03. The van der Waals surface area contributed by atoms with Crippen molar-refractivity contribution in [3.05, 3.63) is 35.9 Å². The van der Waals surface area contributed by atoms with Crippen LogP contribution in [0, 0.1) is 23.7 Å². The number of carbonyl (C=O) groups excluding carboxylic acids is 6. The summed E-state index contributed by atoms with van der Waals surface area (Å²) in [6.45, 7) is 15.4. The third kappa shape index (κ3) is 12.0. The van der Waals surface area contributed by atoms with Crippen LogP contribution in [-0.4, -0.2) is 139 Å². The van der Waals surface area contributed by atoms with Gasteiger partial charge in [-0.2, -0.15) is 0 Å². The average molecular weight is 856 g/mol. The van der Waals surface area contributed by atoms with Gasteiger partial charge in [0.15, 0.2) is 0 Å². The molecule has 5 amide bonds. The van der Waals surface area contributed by atoms with Crippen LogP contribution >= 0.6 is 0 Å². The van der Waals surface area contributed by atoms with Crippen LogP contribution in [0.4, 0.5) is 4.79 Å². The highest BCUT2D eigenvalue weighted by atomic mass is 16.6. The molecule has 0 aromatic heterocycles. The number of hydrogen-bond acceptors (Lipinski definition) is 10. The molecular weight excluding hydrogens is 783 g/mol. The maximum absolute atomic E-state index is 14.6. The van der Waals surface area contributed by atoms with E-state index < -0.39 is 71.9 Å². The highest BCUT2D eigenvalue weighted by molar-refractivity contribution is 5.92. The first-order valence-corrected chi connectivity index (χ1v) is 22.1. The van der Waals surface area contributed by atoms with Crippen LogP contribution < -0.4 is 10.6 Å². The smallest absolute Gasteiger partial charge is 0.411 e. The van der Waals surface area contributed by atoms with E-state index in [1.807, 2.05) is 58.0 Å². The molecule has 15 heteroatoms. The molecule has 3 aliphatic rings. The minimum Gasteiger partial charge on any atom is -0.467 e. The van der Waals surface area contributed by atoms with E-state index in [4.69, 9.17) is 18.9 Å². The Morgan fingerprint density at radius 1 is 0.918 bits per heavy atom. The van der Waals surface area contributed by atoms with E-state index >= 15 is 0 Å². The monoisotopic (exact) mass is 856 g/mol. The molecule has 4 rings (SSSR count). The normalized spacial score (nSPS) is 23.4. The first-order chi connectivity index (χ1) is 28.8. The van der Waals surface area contributed by atoms with Gasteiger partial charge in [-0.1, -0.05) is 71.4 Å². The molecule has 2 N–H and O–H groups in total. The van der Waals surface area contributed by atoms with Crippen LogP contribution in [0.5, 0.6) is 0 Å². The van der Waals surface area contributed by atoms with Crippen LogP contribution in [0.25, 0.3) is 0 Å². The summed E-state index contributed by atoms with van der Waals surface area (Å²) >= 11 is 0. The number of nitrogens with zero attached hydrogens (tertiary/aromatic N) is 3. The lowest BCUT2D eigenvalue weighted by molar-refractivity contribution is -0.149. The number of piperidine rings is 1. The summed E-state index contributed by atoms with van der Waals surface area (Å²) in [6.07, 6.45) is 2.68. The van der Waals surface area contributed by atoms with Crippen molar-refractivity contribution in [2.75, 3.05) is 34.9 Å². The molecule has 2 saturated heterocycles. The van der Waals surface area contributed by atoms with Gasteiger partial charge in [0.2, 0.25) is 23.6 Å². The van der Waals surface area contributed by atoms with Crippen LogP contribution in [0.2, 0.25) is 0 Å². The van der Waals surface area contributed by atoms with Gasteiger partial charge in [0.1, 0.15) is 23.7 Å². The first kappa shape index (κ1) is 49.4. The van der Waals surface area contributed by atoms with E-state index in [9.17, 15) is 28.8 Å². The molecule has 1 aromatic rings. The van der Waals surface area contributed by atoms with Crippen LogP contribution in [0.1, 0.15) is 106 Å². The van der Waals surface area contributed by atoms with Gasteiger partial charge >= 0.3 is 12.1 Å². The van der Waals surface area contributed by atoms with Gasteiger partial charge in [-0.05, 0) is 76.2 Å². The summed E-state index contributed by atoms with van der Waals surface area (Å²) in [5.41, 5.74) is 0.142. The zero-order chi connectivity index (χ0) is 45.3. The molecule has 0 radical (unpaired) electrons. The molecule has 11 atom stereocenters. The zero-order valence-electron chi connectivity index (χ0n) is 38.6. The Morgan fingerprint density at radius 3 is 2.16 bits per heavy atom. The second-order valence-corrected chi connectivity index (χ2v) is 18.7. The van der Waals surface area contributed by atoms with Crippen molar-refractivity contribution in [3.63, 3.8) is 0 Å². The van der Waals surface area contributed by atoms with E-state index in [0.29, 0.717) is 25.8 Å². The van der Waals surface area contributed by atoms with Gasteiger partial charge in [0.25, 0.3) is 0 Å². The summed E-state index contributed by atoms with van der Waals surface area (Å²) in [4.78, 5) is 87.8. The number of esters is 1. The van der Waals surface area contributed by atoms with E-state index in [1.54, 1.807) is 49.4 Å². The molecule has 2 bridgehead atoms. The van der Waals surface area contributed by atoms with E-state index in [1.165, 1.54) is 21.3 Å². The molecule has 15 nitrogen and oxygen atoms in total. The molecule has 1 aliphatic carbocycles. The minimum absolute atomic E-state index is 0.0178. The molecule has 1 aromatic carbocycles. The van der Waals surface area contributed by atoms with E-state index in [2.05, 4.69) is 10.6 Å². The Morgan fingerprint density at radius 2 is 1.59 bits per heavy atom. The Kier molecular flexibility index (Phi) is 17.6. The highest BCUT2D eigenvalue weighted by Gasteiger charge is 2.53. The quantitative estimate of drug-likeness (QED) is 0.185. The summed E-state index contributed by atoms with van der Waals surface area (Å²) in [5, 5.41) is 5.89. The number of amides is 5. The molecule has 0 unspecified atom stereocenters. The number of likely N-dealkylation sites (N-methyl/N-ethyl adjacent to an activating group) is 1. The summed E-state index contributed by atoms with van der Waals surface area (Å²) in [6, 6.07) is 5.77. The fraction of sp³-hybridized carbons (Fsp3) is 0.739. The standard InChI is InChI=1S/C46H73N5O10/c1-13-28(4)38(49(9)43(55)37(27(2)3)48-42(54)39-31-21-22-32(25-31)51(39)45(57)61-46(6,7)8)35(58-10)26-36(52)50-23-17-20-34(50)40(59-11)29(5)41(53)47-33(44(56)60-12)24-30-18-15-14-16-19-30/h14-16,18-19,27-29,31-35,37-40H,13,17,20-26H2,1-12H3,(H,47,53)(H,48,54)/t28-,29+,31-,32+,33-,34-,35+,37-,38-,39-,40+/m0/s1. The van der Waals surface area contributed by atoms with Crippen molar-refractivity contribution < 1.29 is 47.7 Å². The number of fused-ring (bicyclic) bond motifs is 2. The molecule has 2 aliphatic heterocycles. The molecule has 1 saturated carbocycles. The van der Waals surface area contributed by atoms with Crippen LogP contribution in [0.15, 0.2) is 30.3 Å². The third-order valence-electron chi connectivity index (χ3n) is 13.0. The minimum atomic E-state index is -0.908. The van der Waals surface area contributed by atoms with Gasteiger partial charge in [-0.3, -0.25) is 24.1 Å². The predicted molar refractivity (Wildman–Crippen MR) is 230 cm³/mol. The van der Waals surface area contributed by atoms with Crippen LogP contribution in [0.3, 0.4) is 0 Å². The van der Waals surface area contributed by atoms with Crippen molar-refractivity contribution in [1.29, 1.82) is 0 Å². The fourth-order valence-corrected chi connectivity index (χ4v) is 9.67. The molecule has 342 valence electrons. The van der Waals surface area contributed by atoms with Gasteiger partial charge in [0, 0.05) is 40.3 Å². The largest absolute Gasteiger partial charge is 0.467 e. The number of hydrogen-bond donors (Lipinski definition) is 2. The number of methoxy groups -OCH3 is 3. The van der Waals surface area contributed by atoms with Crippen molar-refractivity contribution in [2.45, 2.75) is 161 Å². The fourth-order valence-electron chi connectivity index (χ4n) is 9.67. The molecule has 0 spiro atoms. The lowest BCUT2D eigenvalue weighted by Gasteiger charge is -2.41. The summed E-state index contributed by atoms with van der Waals surface area (Å²) in [5.74, 6) is -2.95. The average Bonchev–Trinajstić information content (AvgIpc) is 3.99. The lowest BCUT2D eigenvalue weighted by Crippen LogP contribution is -2.61. The van der Waals surface area contributed by atoms with E-state index in [0.717, 1.165) is 24.8 Å². The van der Waals surface area contributed by atoms with Crippen molar-refractivity contribution in [2.24, 2.45) is 23.7 Å². The van der Waals surface area contributed by atoms with Crippen molar-refractivity contribution >= 4 is 35.7 Å². The second-order valence-electron chi connectivity index (χ2n) is 18.7. The van der Waals surface area contributed by atoms with Gasteiger partial charge in [-0.25, -0.2) is 9.59 Å². The number of likely N-dealkylation sites (tertiary alicyclic amines) is 2. The Bertz CT molecular complexity index is 1670. The first-order valence-electron chi connectivity index (χ1n) is 22.1. The number of benzene rings is 1. The Balaban J connectivity index is 1.48. The maximum atomic E-state index is 14.6. The van der Waals surface area contributed by atoms with Crippen molar-refractivity contribution in [1.82, 2.24) is 25.3 Å². The topological polar surface area (TPSA) is 173 Å². The Labute approximate surface area is 363 Å². The SMILES string of the molecule is CC[C@H](C)[C@@H]([C@@H](CC(=O)N1CCC[C@H]1[C@H](OC)[C@@H](C)C(=O)N[C@@H](Cc1ccccc1)C(=O)OC)OC)N(C)C(=O)[C@@H](NC(=O)[C@@H]1[C@H]2CC[C@H](C2)N1C(=O)OC(C)(C)C)C(C)C. The number of rotatable bonds is 19. The Hall–Kier alpha value is -4.24. The number of nitrogens with one attached hydrogen (secondary N) is 2. The van der Waals surface area contributed by atoms with Crippen molar-refractivity contribution in [3.8, 4) is 0 Å². The van der Waals surface area contributed by atoms with Gasteiger partial charge < -0.3 is 39.4 Å². The third-order valence-corrected chi connectivity index (χ3v) is 13.0. The number of ether oxygens (including phenoxy) is 4. The molecular formula is C46H73N5O10. The molecule has 3 fully saturated rings. The number of carbonyl (C=O) groups is 6. The zero-order valence-corrected chi connectivity index (χ0v) is 38.6. The maximum Gasteiger partial charge on any atom is 0.411 e. The predicted octanol–water partition coefficient (Wildman–Crippen LogP) is 4.74. The van der Waals surface area contributed by atoms with E-state index in [-0.39, 0.29) is 54.4 Å². The second kappa shape index (κ2) is 21.7. The molecule has 2 heterocycles. The molecule has 61 heavy (non-hydrogen) atoms. The van der Waals surface area contributed by atoms with Crippen LogP contribution in [-0.2, 0) is 49.3 Å². The van der Waals surface area contributed by atoms with Gasteiger partial charge in [0.05, 0.1) is 43.7 Å².